The summed E-state index contributed by atoms with van der Waals surface area (Å²) >= 11 is 1.41. The Morgan fingerprint density at radius 2 is 1.91 bits per heavy atom. The molecule has 5 nitrogen and oxygen atoms in total. The molecule has 0 radical (unpaired) electrons. The molecule has 0 saturated heterocycles. The van der Waals surface area contributed by atoms with E-state index in [0.29, 0.717) is 12.3 Å². The molecule has 1 heterocycles. The van der Waals surface area contributed by atoms with Gasteiger partial charge in [-0.3, -0.25) is 4.79 Å². The van der Waals surface area contributed by atoms with E-state index in [1.54, 1.807) is 0 Å². The Bertz CT molecular complexity index is 646. The molecule has 2 aromatic rings. The second-order valence-corrected chi connectivity index (χ2v) is 7.62. The van der Waals surface area contributed by atoms with Crippen LogP contribution in [0, 0.1) is 5.41 Å². The molecule has 1 aromatic carbocycles. The quantitative estimate of drug-likeness (QED) is 0.826. The summed E-state index contributed by atoms with van der Waals surface area (Å²) < 4.78 is 1.92. The van der Waals surface area contributed by atoms with Gasteiger partial charge in [0.15, 0.2) is 11.0 Å². The van der Waals surface area contributed by atoms with Gasteiger partial charge in [0.2, 0.25) is 5.91 Å². The maximum Gasteiger partial charge on any atom is 0.230 e. The number of amides is 1. The smallest absolute Gasteiger partial charge is 0.230 e. The molecule has 0 bridgehead atoms. The van der Waals surface area contributed by atoms with Crippen LogP contribution in [0.4, 0.5) is 0 Å². The maximum atomic E-state index is 11.9. The first-order valence-corrected chi connectivity index (χ1v) is 8.70. The van der Waals surface area contributed by atoms with Crippen LogP contribution in [-0.2, 0) is 11.8 Å². The zero-order valence-electron chi connectivity index (χ0n) is 14.2. The van der Waals surface area contributed by atoms with Crippen LogP contribution < -0.4 is 5.32 Å². The minimum atomic E-state index is 0.0310. The zero-order valence-corrected chi connectivity index (χ0v) is 15.0. The van der Waals surface area contributed by atoms with Crippen LogP contribution in [0.5, 0.6) is 0 Å². The van der Waals surface area contributed by atoms with Crippen LogP contribution in [0.2, 0.25) is 0 Å². The molecule has 0 aliphatic rings. The van der Waals surface area contributed by atoms with Gasteiger partial charge in [0.25, 0.3) is 0 Å². The monoisotopic (exact) mass is 332 g/mol. The molecule has 124 valence electrons. The van der Waals surface area contributed by atoms with E-state index < -0.39 is 0 Å². The average molecular weight is 332 g/mol. The molecule has 1 N–H and O–H groups in total. The second kappa shape index (κ2) is 7.64. The van der Waals surface area contributed by atoms with Gasteiger partial charge in [0.1, 0.15) is 0 Å². The van der Waals surface area contributed by atoms with E-state index in [-0.39, 0.29) is 11.3 Å². The van der Waals surface area contributed by atoms with Crippen molar-refractivity contribution in [1.29, 1.82) is 0 Å². The van der Waals surface area contributed by atoms with Crippen molar-refractivity contribution in [2.75, 3.05) is 12.3 Å². The van der Waals surface area contributed by atoms with E-state index in [0.717, 1.165) is 23.0 Å². The molecule has 6 heteroatoms. The van der Waals surface area contributed by atoms with Gasteiger partial charge in [-0.2, -0.15) is 0 Å². The first-order valence-electron chi connectivity index (χ1n) is 7.71. The van der Waals surface area contributed by atoms with Crippen molar-refractivity contribution >= 4 is 17.7 Å². The third kappa shape index (κ3) is 5.39. The molecule has 0 aliphatic carbocycles. The molecule has 0 fully saturated rings. The van der Waals surface area contributed by atoms with Gasteiger partial charge in [-0.25, -0.2) is 0 Å². The summed E-state index contributed by atoms with van der Waals surface area (Å²) in [5, 5.41) is 12.1. The summed E-state index contributed by atoms with van der Waals surface area (Å²) in [6.07, 6.45) is 0.964. The number of aromatic nitrogens is 3. The molecule has 1 aromatic heterocycles. The van der Waals surface area contributed by atoms with Crippen LogP contribution in [0.1, 0.15) is 27.2 Å². The molecule has 0 aliphatic heterocycles. The number of hydrogen-bond donors (Lipinski definition) is 1. The van der Waals surface area contributed by atoms with Gasteiger partial charge in [0.05, 0.1) is 5.75 Å². The number of carbonyl (C=O) groups excluding carboxylic acids is 1. The van der Waals surface area contributed by atoms with Crippen molar-refractivity contribution in [1.82, 2.24) is 20.1 Å². The van der Waals surface area contributed by atoms with Crippen molar-refractivity contribution in [3.63, 3.8) is 0 Å². The normalized spacial score (nSPS) is 11.5. The molecule has 0 unspecified atom stereocenters. The Balaban J connectivity index is 1.87. The second-order valence-electron chi connectivity index (χ2n) is 6.68. The predicted octanol–water partition coefficient (Wildman–Crippen LogP) is 3.13. The van der Waals surface area contributed by atoms with Crippen molar-refractivity contribution in [3.05, 3.63) is 30.3 Å². The predicted molar refractivity (Wildman–Crippen MR) is 94.2 cm³/mol. The minimum absolute atomic E-state index is 0.0310. The number of nitrogens with one attached hydrogen (secondary N) is 1. The van der Waals surface area contributed by atoms with Crippen molar-refractivity contribution < 1.29 is 4.79 Å². The van der Waals surface area contributed by atoms with Gasteiger partial charge in [-0.15, -0.1) is 10.2 Å². The van der Waals surface area contributed by atoms with E-state index in [9.17, 15) is 4.79 Å². The van der Waals surface area contributed by atoms with Crippen molar-refractivity contribution in [2.45, 2.75) is 32.3 Å². The molecular formula is C17H24N4OS. The standard InChI is InChI=1S/C17H24N4OS/c1-17(2,3)10-11-18-14(22)12-23-16-20-19-15(21(16)4)13-8-6-5-7-9-13/h5-9H,10-12H2,1-4H3,(H,18,22). The Kier molecular flexibility index (Phi) is 5.82. The highest BCUT2D eigenvalue weighted by Gasteiger charge is 2.13. The lowest BCUT2D eigenvalue weighted by Crippen LogP contribution is -2.28. The Hall–Kier alpha value is -1.82. The van der Waals surface area contributed by atoms with Crippen molar-refractivity contribution in [3.8, 4) is 11.4 Å². The summed E-state index contributed by atoms with van der Waals surface area (Å²) in [6, 6.07) is 9.91. The zero-order chi connectivity index (χ0) is 16.9. The Labute approximate surface area is 141 Å². The number of rotatable bonds is 6. The Morgan fingerprint density at radius 3 is 2.57 bits per heavy atom. The average Bonchev–Trinajstić information content (AvgIpc) is 2.86. The molecule has 0 spiro atoms. The number of benzene rings is 1. The highest BCUT2D eigenvalue weighted by Crippen LogP contribution is 2.22. The molecule has 0 atom stereocenters. The van der Waals surface area contributed by atoms with Crippen LogP contribution in [0.25, 0.3) is 11.4 Å². The van der Waals surface area contributed by atoms with Gasteiger partial charge in [-0.05, 0) is 11.8 Å². The topological polar surface area (TPSA) is 59.8 Å². The van der Waals surface area contributed by atoms with Gasteiger partial charge in [0, 0.05) is 19.2 Å². The van der Waals surface area contributed by atoms with Crippen LogP contribution >= 0.6 is 11.8 Å². The fraction of sp³-hybridized carbons (Fsp3) is 0.471. The third-order valence-corrected chi connectivity index (χ3v) is 4.42. The Morgan fingerprint density at radius 1 is 1.22 bits per heavy atom. The lowest BCUT2D eigenvalue weighted by atomic mass is 9.92. The van der Waals surface area contributed by atoms with E-state index in [1.807, 2.05) is 41.9 Å². The first kappa shape index (κ1) is 17.5. The highest BCUT2D eigenvalue weighted by atomic mass is 32.2. The van der Waals surface area contributed by atoms with Crippen LogP contribution in [0.15, 0.2) is 35.5 Å². The van der Waals surface area contributed by atoms with E-state index in [1.165, 1.54) is 11.8 Å². The highest BCUT2D eigenvalue weighted by molar-refractivity contribution is 7.99. The van der Waals surface area contributed by atoms with Crippen LogP contribution in [-0.4, -0.2) is 33.0 Å². The summed E-state index contributed by atoms with van der Waals surface area (Å²) in [7, 11) is 1.92. The van der Waals surface area contributed by atoms with E-state index >= 15 is 0 Å². The summed E-state index contributed by atoms with van der Waals surface area (Å²) in [5.74, 6) is 1.19. The summed E-state index contributed by atoms with van der Waals surface area (Å²) in [6.45, 7) is 7.20. The molecular weight excluding hydrogens is 308 g/mol. The lowest BCUT2D eigenvalue weighted by Gasteiger charge is -2.17. The van der Waals surface area contributed by atoms with E-state index in [4.69, 9.17) is 0 Å². The van der Waals surface area contributed by atoms with E-state index in [2.05, 4.69) is 36.3 Å². The van der Waals surface area contributed by atoms with Gasteiger partial charge >= 0.3 is 0 Å². The summed E-state index contributed by atoms with van der Waals surface area (Å²) in [4.78, 5) is 11.9. The molecule has 0 saturated carbocycles. The molecule has 2 rings (SSSR count). The molecule has 23 heavy (non-hydrogen) atoms. The van der Waals surface area contributed by atoms with Gasteiger partial charge in [-0.1, -0.05) is 62.9 Å². The summed E-state index contributed by atoms with van der Waals surface area (Å²) in [5.41, 5.74) is 1.25. The number of nitrogens with zero attached hydrogens (tertiary/aromatic N) is 3. The third-order valence-electron chi connectivity index (χ3n) is 3.40. The van der Waals surface area contributed by atoms with Crippen LogP contribution in [0.3, 0.4) is 0 Å². The SMILES string of the molecule is Cn1c(SCC(=O)NCCC(C)(C)C)nnc1-c1ccccc1. The fourth-order valence-corrected chi connectivity index (χ4v) is 2.78. The number of carbonyl (C=O) groups is 1. The molecule has 1 amide bonds. The first-order chi connectivity index (χ1) is 10.9. The maximum absolute atomic E-state index is 11.9. The fourth-order valence-electron chi connectivity index (χ4n) is 2.04. The number of hydrogen-bond acceptors (Lipinski definition) is 4. The number of thioether (sulfide) groups is 1. The minimum Gasteiger partial charge on any atom is -0.355 e. The van der Waals surface area contributed by atoms with Gasteiger partial charge < -0.3 is 9.88 Å². The largest absolute Gasteiger partial charge is 0.355 e. The lowest BCUT2D eigenvalue weighted by molar-refractivity contribution is -0.118. The van der Waals surface area contributed by atoms with Crippen molar-refractivity contribution in [2.24, 2.45) is 12.5 Å².